The van der Waals surface area contributed by atoms with Gasteiger partial charge in [-0.3, -0.25) is 4.57 Å². The quantitative estimate of drug-likeness (QED) is 0.171. The maximum Gasteiger partial charge on any atom is 0.138 e. The normalized spacial score (nSPS) is 12.2. The lowest BCUT2D eigenvalue weighted by atomic mass is 10.0. The Morgan fingerprint density at radius 1 is 0.358 bits per heavy atom. The van der Waals surface area contributed by atoms with Gasteiger partial charge in [-0.15, -0.1) is 0 Å². The smallest absolute Gasteiger partial charge is 0.138 e. The van der Waals surface area contributed by atoms with E-state index in [9.17, 15) is 0 Å². The fourth-order valence-electron chi connectivity index (χ4n) is 9.01. The second-order valence-corrected chi connectivity index (χ2v) is 14.0. The van der Waals surface area contributed by atoms with Gasteiger partial charge >= 0.3 is 0 Å². The highest BCUT2D eigenvalue weighted by atomic mass is 15.1. The van der Waals surface area contributed by atoms with Crippen LogP contribution in [-0.2, 0) is 0 Å². The first-order valence-electron chi connectivity index (χ1n) is 18.1. The average Bonchev–Trinajstić information content (AvgIpc) is 3.89. The number of nitrogens with zero attached hydrogens (tertiary/aromatic N) is 4. The second kappa shape index (κ2) is 10.7. The molecule has 0 saturated heterocycles. The Balaban J connectivity index is 1.11. The van der Waals surface area contributed by atoms with Gasteiger partial charge in [0.15, 0.2) is 0 Å². The molecule has 0 aliphatic carbocycles. The molecule has 0 atom stereocenters. The van der Waals surface area contributed by atoms with E-state index in [4.69, 9.17) is 4.98 Å². The summed E-state index contributed by atoms with van der Waals surface area (Å²) in [4.78, 5) is 5.04. The molecule has 0 saturated carbocycles. The summed E-state index contributed by atoms with van der Waals surface area (Å²) in [5, 5.41) is 9.96. The average molecular weight is 675 g/mol. The molecule has 0 N–H and O–H groups in total. The van der Waals surface area contributed by atoms with Crippen molar-refractivity contribution in [3.8, 4) is 22.6 Å². The summed E-state index contributed by atoms with van der Waals surface area (Å²) in [6.07, 6.45) is 1.95. The minimum Gasteiger partial charge on any atom is -0.309 e. The summed E-state index contributed by atoms with van der Waals surface area (Å²) in [5.74, 6) is 0.899. The van der Waals surface area contributed by atoms with Crippen LogP contribution >= 0.6 is 0 Å². The predicted molar refractivity (Wildman–Crippen MR) is 222 cm³/mol. The van der Waals surface area contributed by atoms with Gasteiger partial charge in [0.25, 0.3) is 0 Å². The molecule has 0 aliphatic rings. The Labute approximate surface area is 304 Å². The van der Waals surface area contributed by atoms with Crippen molar-refractivity contribution in [3.05, 3.63) is 182 Å². The lowest BCUT2D eigenvalue weighted by Crippen LogP contribution is -1.97. The third-order valence-electron chi connectivity index (χ3n) is 11.2. The largest absolute Gasteiger partial charge is 0.309 e. The van der Waals surface area contributed by atoms with Crippen LogP contribution in [-0.4, -0.2) is 18.5 Å². The van der Waals surface area contributed by atoms with Crippen LogP contribution in [0.25, 0.3) is 104 Å². The third kappa shape index (κ3) is 3.92. The van der Waals surface area contributed by atoms with Gasteiger partial charge in [-0.05, 0) is 83.2 Å². The molecule has 4 nitrogen and oxygen atoms in total. The number of rotatable bonds is 3. The Morgan fingerprint density at radius 2 is 0.943 bits per heavy atom. The standard InChI is InChI=1S/C49H30N4/c1-2-12-34(13-3-1)51-41-19-9-7-17-38(41)40-28-31(22-24-44(40)51)32-26-27-50-47(30-32)52-43-21-11-8-18-39(43)48-45(52)25-23-33-29-46-37-16-5-4-14-35(37)36-15-6-10-20-42(36)53(46)49(33)48/h1-30H. The number of aromatic nitrogens is 4. The molecule has 0 radical (unpaired) electrons. The van der Waals surface area contributed by atoms with E-state index in [2.05, 4.69) is 189 Å². The molecule has 246 valence electrons. The number of hydrogen-bond acceptors (Lipinski definition) is 1. The van der Waals surface area contributed by atoms with Gasteiger partial charge in [-0.25, -0.2) is 4.98 Å². The van der Waals surface area contributed by atoms with Crippen molar-refractivity contribution >= 4 is 81.7 Å². The van der Waals surface area contributed by atoms with Crippen LogP contribution in [0.3, 0.4) is 0 Å². The second-order valence-electron chi connectivity index (χ2n) is 14.0. The van der Waals surface area contributed by atoms with Gasteiger partial charge in [0, 0.05) is 49.6 Å². The number of benzene rings is 7. The van der Waals surface area contributed by atoms with Crippen molar-refractivity contribution in [1.29, 1.82) is 0 Å². The van der Waals surface area contributed by atoms with E-state index in [1.165, 1.54) is 70.7 Å². The number of pyridine rings is 2. The first kappa shape index (κ1) is 28.5. The molecule has 0 aliphatic heterocycles. The first-order chi connectivity index (χ1) is 26.3. The third-order valence-corrected chi connectivity index (χ3v) is 11.2. The summed E-state index contributed by atoms with van der Waals surface area (Å²) in [5.41, 5.74) is 11.8. The maximum absolute atomic E-state index is 5.04. The van der Waals surface area contributed by atoms with Crippen molar-refractivity contribution in [2.24, 2.45) is 0 Å². The molecule has 0 fully saturated rings. The minimum absolute atomic E-state index is 0.899. The molecule has 7 aromatic carbocycles. The molecule has 12 aromatic rings. The molecule has 0 bridgehead atoms. The molecular weight excluding hydrogens is 645 g/mol. The summed E-state index contributed by atoms with van der Waals surface area (Å²) in [6.45, 7) is 0. The van der Waals surface area contributed by atoms with Gasteiger partial charge in [0.1, 0.15) is 5.82 Å². The zero-order valence-corrected chi connectivity index (χ0v) is 28.6. The van der Waals surface area contributed by atoms with Crippen molar-refractivity contribution < 1.29 is 0 Å². The summed E-state index contributed by atoms with van der Waals surface area (Å²) in [6, 6.07) is 63.8. The Hall–Kier alpha value is -7.17. The minimum atomic E-state index is 0.899. The van der Waals surface area contributed by atoms with E-state index in [1.54, 1.807) is 0 Å². The van der Waals surface area contributed by atoms with Crippen LogP contribution in [0.15, 0.2) is 182 Å². The van der Waals surface area contributed by atoms with Crippen molar-refractivity contribution in [2.45, 2.75) is 0 Å². The summed E-state index contributed by atoms with van der Waals surface area (Å²) in [7, 11) is 0. The molecule has 12 rings (SSSR count). The highest BCUT2D eigenvalue weighted by molar-refractivity contribution is 6.24. The van der Waals surface area contributed by atoms with Crippen molar-refractivity contribution in [3.63, 3.8) is 0 Å². The van der Waals surface area contributed by atoms with Crippen LogP contribution in [0, 0.1) is 0 Å². The van der Waals surface area contributed by atoms with Gasteiger partial charge in [0.2, 0.25) is 0 Å². The number of fused-ring (bicyclic) bond motifs is 15. The van der Waals surface area contributed by atoms with Crippen LogP contribution in [0.5, 0.6) is 0 Å². The van der Waals surface area contributed by atoms with Crippen LogP contribution in [0.4, 0.5) is 0 Å². The highest BCUT2D eigenvalue weighted by Gasteiger charge is 2.20. The molecule has 0 unspecified atom stereocenters. The van der Waals surface area contributed by atoms with Gasteiger partial charge in [-0.2, -0.15) is 0 Å². The summed E-state index contributed by atoms with van der Waals surface area (Å²) < 4.78 is 7.19. The van der Waals surface area contributed by atoms with E-state index in [1.807, 2.05) is 6.20 Å². The fourth-order valence-corrected chi connectivity index (χ4v) is 9.01. The molecule has 0 spiro atoms. The van der Waals surface area contributed by atoms with Gasteiger partial charge < -0.3 is 8.97 Å². The zero-order valence-electron chi connectivity index (χ0n) is 28.6. The van der Waals surface area contributed by atoms with Crippen LogP contribution in [0.1, 0.15) is 0 Å². The lowest BCUT2D eigenvalue weighted by molar-refractivity contribution is 1.08. The van der Waals surface area contributed by atoms with Gasteiger partial charge in [-0.1, -0.05) is 109 Å². The topological polar surface area (TPSA) is 27.2 Å². The Morgan fingerprint density at radius 3 is 1.74 bits per heavy atom. The Bertz CT molecular complexity index is 3450. The molecule has 5 aromatic heterocycles. The molecular formula is C49H30N4. The maximum atomic E-state index is 5.04. The summed E-state index contributed by atoms with van der Waals surface area (Å²) >= 11 is 0. The van der Waals surface area contributed by atoms with E-state index in [0.29, 0.717) is 0 Å². The molecule has 5 heterocycles. The molecule has 0 amide bonds. The van der Waals surface area contributed by atoms with Gasteiger partial charge in [0.05, 0.1) is 38.6 Å². The van der Waals surface area contributed by atoms with E-state index in [0.717, 1.165) is 33.7 Å². The lowest BCUT2D eigenvalue weighted by Gasteiger charge is -2.11. The van der Waals surface area contributed by atoms with Crippen molar-refractivity contribution in [1.82, 2.24) is 18.5 Å². The zero-order chi connectivity index (χ0) is 34.6. The monoisotopic (exact) mass is 674 g/mol. The number of hydrogen-bond donors (Lipinski definition) is 0. The first-order valence-corrected chi connectivity index (χ1v) is 18.1. The highest BCUT2D eigenvalue weighted by Crippen LogP contribution is 2.42. The Kier molecular flexibility index (Phi) is 5.74. The van der Waals surface area contributed by atoms with E-state index >= 15 is 0 Å². The number of para-hydroxylation sites is 4. The SMILES string of the molecule is c1ccc(-n2c3ccccc3c3cc(-c4ccnc(-n5c6ccccc6c6c5ccc5cc7c8ccccc8c8ccccc8n7c56)c4)ccc32)cc1. The molecule has 53 heavy (non-hydrogen) atoms. The van der Waals surface area contributed by atoms with Crippen LogP contribution < -0.4 is 0 Å². The van der Waals surface area contributed by atoms with Crippen molar-refractivity contribution in [2.75, 3.05) is 0 Å². The molecule has 4 heteroatoms. The van der Waals surface area contributed by atoms with E-state index in [-0.39, 0.29) is 0 Å². The van der Waals surface area contributed by atoms with Crippen LogP contribution in [0.2, 0.25) is 0 Å². The van der Waals surface area contributed by atoms with E-state index < -0.39 is 0 Å². The predicted octanol–water partition coefficient (Wildman–Crippen LogP) is 12.7. The fraction of sp³-hybridized carbons (Fsp3) is 0.